The molecule has 0 radical (unpaired) electrons. The molecule has 0 bridgehead atoms. The summed E-state index contributed by atoms with van der Waals surface area (Å²) < 4.78 is 11.5. The molecule has 2 N–H and O–H groups in total. The van der Waals surface area contributed by atoms with Gasteiger partial charge in [-0.2, -0.15) is 0 Å². The summed E-state index contributed by atoms with van der Waals surface area (Å²) >= 11 is 0. The lowest BCUT2D eigenvalue weighted by atomic mass is 9.75. The average molecular weight is 429 g/mol. The van der Waals surface area contributed by atoms with E-state index in [0.717, 1.165) is 59.4 Å². The maximum Gasteiger partial charge on any atom is 0.194 e. The van der Waals surface area contributed by atoms with Gasteiger partial charge in [0, 0.05) is 5.41 Å². The molecule has 0 saturated heterocycles. The van der Waals surface area contributed by atoms with Crippen molar-refractivity contribution in [3.05, 3.63) is 57.6 Å². The first-order valence-corrected chi connectivity index (χ1v) is 11.6. The van der Waals surface area contributed by atoms with Gasteiger partial charge in [-0.15, -0.1) is 0 Å². The van der Waals surface area contributed by atoms with Crippen molar-refractivity contribution in [2.24, 2.45) is 0 Å². The largest absolute Gasteiger partial charge is 0.465 e. The van der Waals surface area contributed by atoms with Crippen LogP contribution in [0.25, 0.3) is 0 Å². The minimum atomic E-state index is -0.838. The van der Waals surface area contributed by atoms with Gasteiger partial charge >= 0.3 is 0 Å². The topological polar surface area (TPSA) is 58.9 Å². The zero-order chi connectivity index (χ0) is 23.3. The first-order chi connectivity index (χ1) is 14.6. The number of benzene rings is 2. The highest BCUT2D eigenvalue weighted by molar-refractivity contribution is 5.53. The molecule has 2 atom stereocenters. The Morgan fingerprint density at radius 2 is 0.903 bits per heavy atom. The maximum atomic E-state index is 9.80. The third-order valence-corrected chi connectivity index (χ3v) is 6.03. The molecular formula is C27H40O4. The fraction of sp³-hybridized carbons (Fsp3) is 0.556. The number of hydrogen-bond acceptors (Lipinski definition) is 4. The second-order valence-electron chi connectivity index (χ2n) is 8.72. The van der Waals surface area contributed by atoms with Crippen molar-refractivity contribution in [1.82, 2.24) is 0 Å². The van der Waals surface area contributed by atoms with Crippen molar-refractivity contribution < 1.29 is 19.7 Å². The van der Waals surface area contributed by atoms with Crippen LogP contribution in [0.15, 0.2) is 24.3 Å². The Morgan fingerprint density at radius 1 is 0.645 bits per heavy atom. The van der Waals surface area contributed by atoms with Crippen molar-refractivity contribution in [2.75, 3.05) is 0 Å². The number of aliphatic hydroxyl groups is 2. The van der Waals surface area contributed by atoms with Crippen molar-refractivity contribution in [1.29, 1.82) is 0 Å². The van der Waals surface area contributed by atoms with E-state index in [1.807, 2.05) is 0 Å². The number of hydrogen-bond donors (Lipinski definition) is 2. The van der Waals surface area contributed by atoms with Crippen LogP contribution in [-0.4, -0.2) is 22.8 Å². The van der Waals surface area contributed by atoms with E-state index in [0.29, 0.717) is 0 Å². The molecule has 31 heavy (non-hydrogen) atoms. The smallest absolute Gasteiger partial charge is 0.194 e. The molecule has 0 spiro atoms. The van der Waals surface area contributed by atoms with Gasteiger partial charge in [0.15, 0.2) is 12.6 Å². The predicted molar refractivity (Wildman–Crippen MR) is 127 cm³/mol. The summed E-state index contributed by atoms with van der Waals surface area (Å²) in [6.45, 7) is 16.3. The zero-order valence-corrected chi connectivity index (χ0v) is 20.5. The second kappa shape index (κ2) is 10.5. The lowest BCUT2D eigenvalue weighted by molar-refractivity contribution is -0.00218. The van der Waals surface area contributed by atoms with Crippen molar-refractivity contribution in [3.8, 4) is 11.5 Å². The molecule has 4 nitrogen and oxygen atoms in total. The van der Waals surface area contributed by atoms with Crippen LogP contribution in [0, 0.1) is 0 Å². The lowest BCUT2D eigenvalue weighted by Crippen LogP contribution is -2.22. The molecule has 0 amide bonds. The van der Waals surface area contributed by atoms with E-state index < -0.39 is 12.6 Å². The number of ether oxygens (including phenoxy) is 2. The standard InChI is InChI=1S/C27H40O4/c1-9-19-13-23(14-20(10-2)25(19)30-17(5)28)27(7,8)24-15-21(11-3)26(31-18(6)29)22(12-4)16-24/h13-18,28-29H,9-12H2,1-8H3. The summed E-state index contributed by atoms with van der Waals surface area (Å²) in [5, 5.41) is 19.6. The van der Waals surface area contributed by atoms with Crippen LogP contribution in [0.4, 0.5) is 0 Å². The Hall–Kier alpha value is -2.04. The number of aryl methyl sites for hydroxylation is 4. The van der Waals surface area contributed by atoms with Gasteiger partial charge in [-0.3, -0.25) is 0 Å². The third-order valence-electron chi connectivity index (χ3n) is 6.03. The molecule has 2 unspecified atom stereocenters. The van der Waals surface area contributed by atoms with Crippen LogP contribution < -0.4 is 9.47 Å². The quantitative estimate of drug-likeness (QED) is 0.477. The summed E-state index contributed by atoms with van der Waals surface area (Å²) in [7, 11) is 0. The summed E-state index contributed by atoms with van der Waals surface area (Å²) in [5.41, 5.74) is 6.69. The predicted octanol–water partition coefficient (Wildman–Crippen LogP) is 5.70. The second-order valence-corrected chi connectivity index (χ2v) is 8.72. The molecule has 2 aromatic carbocycles. The number of rotatable bonds is 10. The van der Waals surface area contributed by atoms with Gasteiger partial charge < -0.3 is 19.7 Å². The lowest BCUT2D eigenvalue weighted by Gasteiger charge is -2.30. The van der Waals surface area contributed by atoms with Gasteiger partial charge in [-0.1, -0.05) is 65.8 Å². The van der Waals surface area contributed by atoms with Crippen LogP contribution in [0.5, 0.6) is 11.5 Å². The molecule has 2 rings (SSSR count). The van der Waals surface area contributed by atoms with Crippen LogP contribution in [0.1, 0.15) is 88.8 Å². The Balaban J connectivity index is 2.66. The molecule has 0 aliphatic heterocycles. The van der Waals surface area contributed by atoms with Crippen LogP contribution >= 0.6 is 0 Å². The van der Waals surface area contributed by atoms with Crippen molar-refractivity contribution >= 4 is 0 Å². The van der Waals surface area contributed by atoms with Gasteiger partial charge in [0.1, 0.15) is 11.5 Å². The van der Waals surface area contributed by atoms with E-state index >= 15 is 0 Å². The highest BCUT2D eigenvalue weighted by atomic mass is 16.6. The fourth-order valence-corrected chi connectivity index (χ4v) is 4.09. The first kappa shape index (κ1) is 25.2. The minimum absolute atomic E-state index is 0.228. The van der Waals surface area contributed by atoms with Crippen LogP contribution in [-0.2, 0) is 31.1 Å². The highest BCUT2D eigenvalue weighted by Crippen LogP contribution is 2.40. The third kappa shape index (κ3) is 5.61. The van der Waals surface area contributed by atoms with E-state index in [2.05, 4.69) is 65.8 Å². The van der Waals surface area contributed by atoms with Gasteiger partial charge in [-0.05, 0) is 72.9 Å². The molecule has 2 aromatic rings. The summed E-state index contributed by atoms with van der Waals surface area (Å²) in [4.78, 5) is 0. The SMILES string of the molecule is CCc1cc(C(C)(C)c2cc(CC)c(OC(C)O)c(CC)c2)cc(CC)c1OC(C)O. The molecule has 0 aliphatic rings. The summed E-state index contributed by atoms with van der Waals surface area (Å²) in [5.74, 6) is 1.62. The fourth-order valence-electron chi connectivity index (χ4n) is 4.09. The van der Waals surface area contributed by atoms with Gasteiger partial charge in [-0.25, -0.2) is 0 Å². The molecule has 0 fully saturated rings. The van der Waals surface area contributed by atoms with Crippen LogP contribution in [0.2, 0.25) is 0 Å². The first-order valence-electron chi connectivity index (χ1n) is 11.6. The Bertz CT molecular complexity index is 759. The summed E-state index contributed by atoms with van der Waals surface area (Å²) in [6, 6.07) is 8.87. The zero-order valence-electron chi connectivity index (χ0n) is 20.5. The van der Waals surface area contributed by atoms with E-state index in [1.54, 1.807) is 13.8 Å². The van der Waals surface area contributed by atoms with Crippen molar-refractivity contribution in [3.63, 3.8) is 0 Å². The van der Waals surface area contributed by atoms with E-state index in [9.17, 15) is 10.2 Å². The maximum absolute atomic E-state index is 9.80. The van der Waals surface area contributed by atoms with E-state index in [1.165, 1.54) is 11.1 Å². The van der Waals surface area contributed by atoms with Crippen LogP contribution in [0.3, 0.4) is 0 Å². The molecule has 0 heterocycles. The minimum Gasteiger partial charge on any atom is -0.465 e. The average Bonchev–Trinajstić information content (AvgIpc) is 2.72. The summed E-state index contributed by atoms with van der Waals surface area (Å²) in [6.07, 6.45) is 1.66. The molecular weight excluding hydrogens is 388 g/mol. The Kier molecular flexibility index (Phi) is 8.56. The molecule has 4 heteroatoms. The van der Waals surface area contributed by atoms with E-state index in [4.69, 9.17) is 9.47 Å². The molecule has 0 saturated carbocycles. The number of aliphatic hydroxyl groups excluding tert-OH is 2. The van der Waals surface area contributed by atoms with Gasteiger partial charge in [0.05, 0.1) is 0 Å². The van der Waals surface area contributed by atoms with Gasteiger partial charge in [0.25, 0.3) is 0 Å². The molecule has 172 valence electrons. The Morgan fingerprint density at radius 3 is 1.10 bits per heavy atom. The van der Waals surface area contributed by atoms with E-state index in [-0.39, 0.29) is 5.41 Å². The Labute approximate surface area is 188 Å². The monoisotopic (exact) mass is 428 g/mol. The van der Waals surface area contributed by atoms with Crippen molar-refractivity contribution in [2.45, 2.75) is 99.1 Å². The molecule has 0 aromatic heterocycles. The molecule has 0 aliphatic carbocycles. The normalized spacial score (nSPS) is 13.7. The van der Waals surface area contributed by atoms with Gasteiger partial charge in [0.2, 0.25) is 0 Å². The highest BCUT2D eigenvalue weighted by Gasteiger charge is 2.28.